The first-order valence-corrected chi connectivity index (χ1v) is 9.74. The molecule has 28 heavy (non-hydrogen) atoms. The molecule has 3 N–H and O–H groups in total. The Kier molecular flexibility index (Phi) is 7.81. The molecule has 0 aromatic heterocycles. The normalized spacial score (nSPS) is 11.7. The van der Waals surface area contributed by atoms with E-state index in [-0.39, 0.29) is 11.7 Å². The molecule has 0 heterocycles. The fraction of sp³-hybridized carbons (Fsp3) is 0.364. The lowest BCUT2D eigenvalue weighted by molar-refractivity contribution is -0.145. The monoisotopic (exact) mass is 401 g/mol. The molecule has 2 aromatic rings. The number of phenols is 2. The Morgan fingerprint density at radius 3 is 2.29 bits per heavy atom. The summed E-state index contributed by atoms with van der Waals surface area (Å²) in [5, 5.41) is 22.4. The van der Waals surface area contributed by atoms with Crippen molar-refractivity contribution >= 4 is 23.2 Å². The van der Waals surface area contributed by atoms with E-state index in [0.29, 0.717) is 36.6 Å². The number of hydrogen-bond acceptors (Lipinski definition) is 5. The van der Waals surface area contributed by atoms with Gasteiger partial charge in [-0.1, -0.05) is 36.5 Å². The standard InChI is InChI=1S/C22H27NO4S/c1-4-27-22(26)19(13-16-5-8-18(24)9-6-16)23-20(28)10-7-17-11-14(2)21(25)15(3)12-17/h5-6,8-9,11-12,19,24-25H,4,7,10,13H2,1-3H3,(H,23,28). The molecule has 0 saturated heterocycles. The number of rotatable bonds is 8. The minimum atomic E-state index is -0.583. The summed E-state index contributed by atoms with van der Waals surface area (Å²) in [7, 11) is 0. The van der Waals surface area contributed by atoms with E-state index < -0.39 is 6.04 Å². The smallest absolute Gasteiger partial charge is 0.328 e. The number of nitrogens with one attached hydrogen (secondary N) is 1. The van der Waals surface area contributed by atoms with Crippen molar-refractivity contribution in [1.29, 1.82) is 0 Å². The zero-order valence-electron chi connectivity index (χ0n) is 16.5. The van der Waals surface area contributed by atoms with E-state index in [1.807, 2.05) is 26.0 Å². The highest BCUT2D eigenvalue weighted by atomic mass is 32.1. The van der Waals surface area contributed by atoms with Crippen molar-refractivity contribution in [3.8, 4) is 11.5 Å². The quantitative estimate of drug-likeness (QED) is 0.462. The predicted molar refractivity (Wildman–Crippen MR) is 114 cm³/mol. The largest absolute Gasteiger partial charge is 0.508 e. The molecule has 0 radical (unpaired) electrons. The van der Waals surface area contributed by atoms with Gasteiger partial charge in [-0.15, -0.1) is 0 Å². The number of carbonyl (C=O) groups is 1. The summed E-state index contributed by atoms with van der Waals surface area (Å²) >= 11 is 5.45. The van der Waals surface area contributed by atoms with Gasteiger partial charge in [0.1, 0.15) is 17.5 Å². The maximum atomic E-state index is 12.3. The molecule has 6 heteroatoms. The van der Waals surface area contributed by atoms with Gasteiger partial charge in [0.15, 0.2) is 0 Å². The second-order valence-corrected chi connectivity index (χ2v) is 7.31. The predicted octanol–water partition coefficient (Wildman–Crippen LogP) is 3.74. The van der Waals surface area contributed by atoms with Crippen LogP contribution in [0.15, 0.2) is 36.4 Å². The maximum absolute atomic E-state index is 12.3. The topological polar surface area (TPSA) is 78.8 Å². The Labute approximate surface area is 171 Å². The number of phenolic OH excluding ortho intramolecular Hbond substituents is 2. The molecule has 150 valence electrons. The van der Waals surface area contributed by atoms with Gasteiger partial charge in [-0.05, 0) is 61.6 Å². The lowest BCUT2D eigenvalue weighted by atomic mass is 10.0. The summed E-state index contributed by atoms with van der Waals surface area (Å²) in [4.78, 5) is 12.9. The average molecular weight is 402 g/mol. The van der Waals surface area contributed by atoms with Crippen LogP contribution in [0.2, 0.25) is 0 Å². The molecule has 0 saturated carbocycles. The third-order valence-corrected chi connectivity index (χ3v) is 4.80. The van der Waals surface area contributed by atoms with Gasteiger partial charge < -0.3 is 20.3 Å². The van der Waals surface area contributed by atoms with Crippen molar-refractivity contribution in [2.24, 2.45) is 0 Å². The zero-order valence-corrected chi connectivity index (χ0v) is 17.3. The van der Waals surface area contributed by atoms with Gasteiger partial charge in [-0.25, -0.2) is 4.79 Å². The number of benzene rings is 2. The number of thiocarbonyl (C=S) groups is 1. The third kappa shape index (κ3) is 6.23. The van der Waals surface area contributed by atoms with Gasteiger partial charge in [-0.3, -0.25) is 0 Å². The van der Waals surface area contributed by atoms with Crippen molar-refractivity contribution in [3.05, 3.63) is 58.7 Å². The molecule has 0 fully saturated rings. The van der Waals surface area contributed by atoms with E-state index >= 15 is 0 Å². The highest BCUT2D eigenvalue weighted by Gasteiger charge is 2.21. The van der Waals surface area contributed by atoms with Crippen LogP contribution >= 0.6 is 12.2 Å². The molecule has 0 spiro atoms. The Hall–Kier alpha value is -2.60. The molecular weight excluding hydrogens is 374 g/mol. The summed E-state index contributed by atoms with van der Waals surface area (Å²) in [6, 6.07) is 10.0. The fourth-order valence-corrected chi connectivity index (χ4v) is 3.26. The molecule has 0 aliphatic carbocycles. The summed E-state index contributed by atoms with van der Waals surface area (Å²) in [6.07, 6.45) is 1.71. The lowest BCUT2D eigenvalue weighted by Crippen LogP contribution is -2.42. The summed E-state index contributed by atoms with van der Waals surface area (Å²) in [5.74, 6) is 0.148. The second kappa shape index (κ2) is 10.1. The van der Waals surface area contributed by atoms with E-state index in [2.05, 4.69) is 5.32 Å². The van der Waals surface area contributed by atoms with Crippen LogP contribution in [0.4, 0.5) is 0 Å². The highest BCUT2D eigenvalue weighted by molar-refractivity contribution is 7.80. The van der Waals surface area contributed by atoms with Crippen molar-refractivity contribution in [3.63, 3.8) is 0 Å². The van der Waals surface area contributed by atoms with Gasteiger partial charge in [-0.2, -0.15) is 0 Å². The first-order chi connectivity index (χ1) is 13.3. The minimum Gasteiger partial charge on any atom is -0.508 e. The Morgan fingerprint density at radius 2 is 1.71 bits per heavy atom. The van der Waals surface area contributed by atoms with Crippen LogP contribution in [0, 0.1) is 13.8 Å². The van der Waals surface area contributed by atoms with Gasteiger partial charge in [0.05, 0.1) is 11.6 Å². The molecule has 2 rings (SSSR count). The Bertz CT molecular complexity index is 810. The number of aryl methyl sites for hydroxylation is 3. The molecule has 5 nitrogen and oxygen atoms in total. The minimum absolute atomic E-state index is 0.180. The van der Waals surface area contributed by atoms with Crippen molar-refractivity contribution < 1.29 is 19.7 Å². The summed E-state index contributed by atoms with van der Waals surface area (Å²) < 4.78 is 5.17. The van der Waals surface area contributed by atoms with Crippen LogP contribution in [-0.4, -0.2) is 33.8 Å². The van der Waals surface area contributed by atoms with E-state index in [0.717, 1.165) is 22.3 Å². The first-order valence-electron chi connectivity index (χ1n) is 9.33. The van der Waals surface area contributed by atoms with Crippen molar-refractivity contribution in [1.82, 2.24) is 5.32 Å². The van der Waals surface area contributed by atoms with Crippen LogP contribution in [0.25, 0.3) is 0 Å². The molecule has 2 aromatic carbocycles. The van der Waals surface area contributed by atoms with E-state index in [1.165, 1.54) is 0 Å². The Balaban J connectivity index is 2.01. The Morgan fingerprint density at radius 1 is 1.11 bits per heavy atom. The number of carbonyl (C=O) groups excluding carboxylic acids is 1. The van der Waals surface area contributed by atoms with Crippen LogP contribution < -0.4 is 5.32 Å². The van der Waals surface area contributed by atoms with Crippen LogP contribution in [-0.2, 0) is 22.4 Å². The number of aromatic hydroxyl groups is 2. The van der Waals surface area contributed by atoms with E-state index in [4.69, 9.17) is 17.0 Å². The fourth-order valence-electron chi connectivity index (χ4n) is 3.02. The number of hydrogen-bond donors (Lipinski definition) is 3. The van der Waals surface area contributed by atoms with Gasteiger partial charge in [0.25, 0.3) is 0 Å². The number of ether oxygens (including phenoxy) is 1. The second-order valence-electron chi connectivity index (χ2n) is 6.82. The first kappa shape index (κ1) is 21.7. The number of esters is 1. The lowest BCUT2D eigenvalue weighted by Gasteiger charge is -2.19. The van der Waals surface area contributed by atoms with Gasteiger partial charge in [0, 0.05) is 12.8 Å². The molecule has 0 bridgehead atoms. The van der Waals surface area contributed by atoms with Crippen molar-refractivity contribution in [2.45, 2.75) is 46.1 Å². The van der Waals surface area contributed by atoms with E-state index in [9.17, 15) is 15.0 Å². The molecule has 0 aliphatic heterocycles. The average Bonchev–Trinajstić information content (AvgIpc) is 2.65. The van der Waals surface area contributed by atoms with Gasteiger partial charge >= 0.3 is 5.97 Å². The summed E-state index contributed by atoms with van der Waals surface area (Å²) in [5.41, 5.74) is 3.66. The van der Waals surface area contributed by atoms with Crippen molar-refractivity contribution in [2.75, 3.05) is 6.61 Å². The van der Waals surface area contributed by atoms with Crippen LogP contribution in [0.5, 0.6) is 11.5 Å². The molecular formula is C22H27NO4S. The molecule has 1 unspecified atom stereocenters. The third-order valence-electron chi connectivity index (χ3n) is 4.47. The maximum Gasteiger partial charge on any atom is 0.328 e. The van der Waals surface area contributed by atoms with Gasteiger partial charge in [0.2, 0.25) is 0 Å². The van der Waals surface area contributed by atoms with Crippen LogP contribution in [0.3, 0.4) is 0 Å². The van der Waals surface area contributed by atoms with Crippen LogP contribution in [0.1, 0.15) is 35.6 Å². The molecule has 1 atom stereocenters. The molecule has 0 amide bonds. The zero-order chi connectivity index (χ0) is 20.7. The molecule has 0 aliphatic rings. The highest BCUT2D eigenvalue weighted by Crippen LogP contribution is 2.23. The summed E-state index contributed by atoms with van der Waals surface area (Å²) in [6.45, 7) is 5.81. The van der Waals surface area contributed by atoms with E-state index in [1.54, 1.807) is 31.2 Å². The SMILES string of the molecule is CCOC(=O)C(Cc1ccc(O)cc1)NC(=S)CCc1cc(C)c(O)c(C)c1.